The van der Waals surface area contributed by atoms with Gasteiger partial charge in [-0.05, 0) is 31.9 Å². The van der Waals surface area contributed by atoms with Crippen molar-refractivity contribution in [3.8, 4) is 0 Å². The summed E-state index contributed by atoms with van der Waals surface area (Å²) >= 11 is 0. The smallest absolute Gasteiger partial charge is 0.227 e. The molecule has 0 aliphatic carbocycles. The summed E-state index contributed by atoms with van der Waals surface area (Å²) in [6.45, 7) is 5.97. The zero-order valence-corrected chi connectivity index (χ0v) is 15.5. The standard InChI is InChI=1S/C20H27N3O3/c1-3-17-19(15(2)22-26-17)21-18(24)12-20(25)10-7-11-23(14-20)13-16-8-5-4-6-9-16/h4-6,8-9,25H,3,7,10-14H2,1-2H3,(H,21,24). The number of benzene rings is 1. The topological polar surface area (TPSA) is 78.6 Å². The zero-order chi connectivity index (χ0) is 18.6. The van der Waals surface area contributed by atoms with Crippen molar-refractivity contribution in [3.63, 3.8) is 0 Å². The van der Waals surface area contributed by atoms with Gasteiger partial charge in [-0.2, -0.15) is 0 Å². The average Bonchev–Trinajstić information content (AvgIpc) is 2.95. The van der Waals surface area contributed by atoms with E-state index in [1.807, 2.05) is 25.1 Å². The number of hydrogen-bond donors (Lipinski definition) is 2. The van der Waals surface area contributed by atoms with Crippen LogP contribution < -0.4 is 5.32 Å². The van der Waals surface area contributed by atoms with Crippen molar-refractivity contribution in [2.45, 2.75) is 51.7 Å². The molecule has 1 atom stereocenters. The Labute approximate surface area is 154 Å². The van der Waals surface area contributed by atoms with Crippen LogP contribution in [0, 0.1) is 6.92 Å². The fourth-order valence-electron chi connectivity index (χ4n) is 3.63. The number of rotatable bonds is 6. The normalized spacial score (nSPS) is 20.9. The molecule has 1 amide bonds. The van der Waals surface area contributed by atoms with Gasteiger partial charge in [0.1, 0.15) is 11.4 Å². The number of aromatic nitrogens is 1. The first-order chi connectivity index (χ1) is 12.5. The van der Waals surface area contributed by atoms with E-state index in [1.165, 1.54) is 5.56 Å². The molecule has 0 spiro atoms. The molecule has 0 radical (unpaired) electrons. The molecule has 1 aliphatic rings. The summed E-state index contributed by atoms with van der Waals surface area (Å²) in [7, 11) is 0. The van der Waals surface area contributed by atoms with Crippen molar-refractivity contribution in [2.75, 3.05) is 18.4 Å². The summed E-state index contributed by atoms with van der Waals surface area (Å²) in [5.41, 5.74) is 1.51. The lowest BCUT2D eigenvalue weighted by Gasteiger charge is -2.39. The molecule has 1 aliphatic heterocycles. The molecule has 1 aromatic carbocycles. The van der Waals surface area contributed by atoms with Gasteiger partial charge in [-0.15, -0.1) is 0 Å². The highest BCUT2D eigenvalue weighted by Gasteiger charge is 2.35. The lowest BCUT2D eigenvalue weighted by molar-refractivity contribution is -0.123. The first kappa shape index (κ1) is 18.6. The van der Waals surface area contributed by atoms with Crippen LogP contribution in [0.15, 0.2) is 34.9 Å². The van der Waals surface area contributed by atoms with Crippen LogP contribution in [-0.4, -0.2) is 39.8 Å². The van der Waals surface area contributed by atoms with Crippen LogP contribution in [0.5, 0.6) is 0 Å². The number of anilines is 1. The maximum absolute atomic E-state index is 12.5. The summed E-state index contributed by atoms with van der Waals surface area (Å²) < 4.78 is 5.21. The van der Waals surface area contributed by atoms with Crippen molar-refractivity contribution in [1.29, 1.82) is 0 Å². The van der Waals surface area contributed by atoms with Gasteiger partial charge in [0.05, 0.1) is 12.0 Å². The zero-order valence-electron chi connectivity index (χ0n) is 15.5. The van der Waals surface area contributed by atoms with Gasteiger partial charge in [0.15, 0.2) is 5.76 Å². The van der Waals surface area contributed by atoms with Crippen LogP contribution in [0.4, 0.5) is 5.69 Å². The number of likely N-dealkylation sites (tertiary alicyclic amines) is 1. The van der Waals surface area contributed by atoms with E-state index in [0.717, 1.165) is 19.5 Å². The molecule has 6 heteroatoms. The molecular formula is C20H27N3O3. The van der Waals surface area contributed by atoms with Crippen molar-refractivity contribution >= 4 is 11.6 Å². The Morgan fingerprint density at radius 2 is 2.15 bits per heavy atom. The van der Waals surface area contributed by atoms with E-state index in [4.69, 9.17) is 4.52 Å². The first-order valence-corrected chi connectivity index (χ1v) is 9.23. The SMILES string of the molecule is CCc1onc(C)c1NC(=O)CC1(O)CCCN(Cc2ccccc2)C1. The predicted octanol–water partition coefficient (Wildman–Crippen LogP) is 2.90. The van der Waals surface area contributed by atoms with Gasteiger partial charge in [-0.25, -0.2) is 0 Å². The maximum atomic E-state index is 12.5. The van der Waals surface area contributed by atoms with E-state index in [-0.39, 0.29) is 12.3 Å². The van der Waals surface area contributed by atoms with Gasteiger partial charge in [-0.1, -0.05) is 42.4 Å². The first-order valence-electron chi connectivity index (χ1n) is 9.23. The molecule has 0 saturated carbocycles. The number of nitrogens with one attached hydrogen (secondary N) is 1. The van der Waals surface area contributed by atoms with Crippen molar-refractivity contribution in [1.82, 2.24) is 10.1 Å². The lowest BCUT2D eigenvalue weighted by Crippen LogP contribution is -2.49. The van der Waals surface area contributed by atoms with E-state index in [1.54, 1.807) is 6.92 Å². The quantitative estimate of drug-likeness (QED) is 0.831. The van der Waals surface area contributed by atoms with Gasteiger partial charge in [-0.3, -0.25) is 9.69 Å². The minimum absolute atomic E-state index is 0.0755. The van der Waals surface area contributed by atoms with Gasteiger partial charge < -0.3 is 14.9 Å². The number of amides is 1. The van der Waals surface area contributed by atoms with E-state index in [9.17, 15) is 9.90 Å². The number of carbonyl (C=O) groups excluding carboxylic acids is 1. The number of aliphatic hydroxyl groups is 1. The molecular weight excluding hydrogens is 330 g/mol. The summed E-state index contributed by atoms with van der Waals surface area (Å²) in [5.74, 6) is 0.465. The maximum Gasteiger partial charge on any atom is 0.227 e. The Morgan fingerprint density at radius 1 is 1.38 bits per heavy atom. The molecule has 0 bridgehead atoms. The highest BCUT2D eigenvalue weighted by molar-refractivity contribution is 5.92. The number of nitrogens with zero attached hydrogens (tertiary/aromatic N) is 2. The molecule has 26 heavy (non-hydrogen) atoms. The molecule has 1 unspecified atom stereocenters. The van der Waals surface area contributed by atoms with E-state index < -0.39 is 5.60 Å². The van der Waals surface area contributed by atoms with Gasteiger partial charge >= 0.3 is 0 Å². The molecule has 2 N–H and O–H groups in total. The molecule has 2 heterocycles. The molecule has 1 aromatic heterocycles. The monoisotopic (exact) mass is 357 g/mol. The van der Waals surface area contributed by atoms with Crippen LogP contribution in [0.25, 0.3) is 0 Å². The highest BCUT2D eigenvalue weighted by atomic mass is 16.5. The molecule has 1 fully saturated rings. The number of β-amino-alcohol motifs (C(OH)–C–C–N with tert-alkyl or cyclic N) is 1. The fourth-order valence-corrected chi connectivity index (χ4v) is 3.63. The Morgan fingerprint density at radius 3 is 2.88 bits per heavy atom. The summed E-state index contributed by atoms with van der Waals surface area (Å²) in [6, 6.07) is 10.2. The minimum atomic E-state index is -1.01. The second-order valence-electron chi connectivity index (χ2n) is 7.17. The Hall–Kier alpha value is -2.18. The van der Waals surface area contributed by atoms with Crippen molar-refractivity contribution < 1.29 is 14.4 Å². The third kappa shape index (κ3) is 4.51. The highest BCUT2D eigenvalue weighted by Crippen LogP contribution is 2.27. The van der Waals surface area contributed by atoms with Crippen LogP contribution in [0.3, 0.4) is 0 Å². The van der Waals surface area contributed by atoms with Crippen molar-refractivity contribution in [3.05, 3.63) is 47.3 Å². The number of hydrogen-bond acceptors (Lipinski definition) is 5. The van der Waals surface area contributed by atoms with Gasteiger partial charge in [0.2, 0.25) is 5.91 Å². The van der Waals surface area contributed by atoms with E-state index >= 15 is 0 Å². The van der Waals surface area contributed by atoms with E-state index in [2.05, 4.69) is 27.5 Å². The third-order valence-corrected chi connectivity index (χ3v) is 4.89. The Kier molecular flexibility index (Phi) is 5.74. The van der Waals surface area contributed by atoms with Crippen LogP contribution in [0.2, 0.25) is 0 Å². The number of aryl methyl sites for hydroxylation is 2. The minimum Gasteiger partial charge on any atom is -0.388 e. The second kappa shape index (κ2) is 8.01. The molecule has 6 nitrogen and oxygen atoms in total. The fraction of sp³-hybridized carbons (Fsp3) is 0.500. The summed E-state index contributed by atoms with van der Waals surface area (Å²) in [6.07, 6.45) is 2.25. The van der Waals surface area contributed by atoms with Crippen LogP contribution in [-0.2, 0) is 17.8 Å². The van der Waals surface area contributed by atoms with Gasteiger partial charge in [0, 0.05) is 19.5 Å². The Balaban J connectivity index is 1.60. The second-order valence-corrected chi connectivity index (χ2v) is 7.17. The average molecular weight is 357 g/mol. The van der Waals surface area contributed by atoms with E-state index in [0.29, 0.717) is 36.5 Å². The number of carbonyl (C=O) groups is 1. The van der Waals surface area contributed by atoms with Crippen molar-refractivity contribution in [2.24, 2.45) is 0 Å². The summed E-state index contributed by atoms with van der Waals surface area (Å²) in [5, 5.41) is 17.7. The molecule has 140 valence electrons. The summed E-state index contributed by atoms with van der Waals surface area (Å²) in [4.78, 5) is 14.7. The molecule has 2 aromatic rings. The lowest BCUT2D eigenvalue weighted by atomic mass is 9.89. The predicted molar refractivity (Wildman–Crippen MR) is 99.8 cm³/mol. The molecule has 1 saturated heterocycles. The molecule has 3 rings (SSSR count). The Bertz CT molecular complexity index is 744. The number of piperidine rings is 1. The third-order valence-electron chi connectivity index (χ3n) is 4.89. The largest absolute Gasteiger partial charge is 0.388 e. The van der Waals surface area contributed by atoms with Gasteiger partial charge in [0.25, 0.3) is 0 Å². The van der Waals surface area contributed by atoms with Crippen LogP contribution in [0.1, 0.15) is 43.2 Å². The van der Waals surface area contributed by atoms with Crippen LogP contribution >= 0.6 is 0 Å².